The molecule has 0 bridgehead atoms. The first-order valence-corrected chi connectivity index (χ1v) is 12.3. The molecule has 33 heavy (non-hydrogen) atoms. The molecular weight excluding hydrogens is 527 g/mol. The number of likely N-dealkylation sites (N-methyl/N-ethyl adjacent to an activating group) is 2. The van der Waals surface area contributed by atoms with Gasteiger partial charge in [0.25, 0.3) is 0 Å². The maximum Gasteiger partial charge on any atom is 0.242 e. The highest BCUT2D eigenvalue weighted by atomic mass is 127. The Bertz CT molecular complexity index is 717. The normalized spacial score (nSPS) is 14.6. The number of piperazine rings is 1. The quantitative estimate of drug-likeness (QED) is 0.191. The fraction of sp³-hybridized carbons (Fsp3) is 0.680. The van der Waals surface area contributed by atoms with E-state index in [-0.39, 0.29) is 29.9 Å². The molecule has 1 heterocycles. The number of aryl methyl sites for hydroxylation is 1. The molecule has 1 amide bonds. The minimum Gasteiger partial charge on any atom is -0.369 e. The third-order valence-electron chi connectivity index (χ3n) is 6.07. The lowest BCUT2D eigenvalue weighted by molar-refractivity contribution is -0.131. The highest BCUT2D eigenvalue weighted by Crippen LogP contribution is 2.17. The maximum atomic E-state index is 12.4. The summed E-state index contributed by atoms with van der Waals surface area (Å²) in [6.07, 6.45) is 2.21. The van der Waals surface area contributed by atoms with Gasteiger partial charge in [-0.1, -0.05) is 12.1 Å². The van der Waals surface area contributed by atoms with Gasteiger partial charge in [-0.2, -0.15) is 0 Å². The smallest absolute Gasteiger partial charge is 0.242 e. The van der Waals surface area contributed by atoms with Gasteiger partial charge in [0.15, 0.2) is 5.96 Å². The van der Waals surface area contributed by atoms with Crippen molar-refractivity contribution in [2.75, 3.05) is 77.4 Å². The van der Waals surface area contributed by atoms with Crippen LogP contribution in [0.25, 0.3) is 0 Å². The van der Waals surface area contributed by atoms with Gasteiger partial charge in [0, 0.05) is 65.1 Å². The van der Waals surface area contributed by atoms with Crippen molar-refractivity contribution in [1.82, 2.24) is 20.0 Å². The van der Waals surface area contributed by atoms with E-state index in [1.165, 1.54) is 11.3 Å². The summed E-state index contributed by atoms with van der Waals surface area (Å²) in [4.78, 5) is 26.0. The molecule has 1 fully saturated rings. The van der Waals surface area contributed by atoms with Crippen LogP contribution >= 0.6 is 24.0 Å². The second kappa shape index (κ2) is 16.1. The van der Waals surface area contributed by atoms with Crippen molar-refractivity contribution in [1.29, 1.82) is 0 Å². The van der Waals surface area contributed by atoms with Crippen molar-refractivity contribution in [3.05, 3.63) is 29.8 Å². The second-order valence-corrected chi connectivity index (χ2v) is 8.53. The van der Waals surface area contributed by atoms with Gasteiger partial charge in [0.2, 0.25) is 5.91 Å². The Labute approximate surface area is 218 Å². The number of carbonyl (C=O) groups excluding carboxylic acids is 1. The maximum absolute atomic E-state index is 12.4. The Balaban J connectivity index is 0.00000544. The third-order valence-corrected chi connectivity index (χ3v) is 6.07. The van der Waals surface area contributed by atoms with E-state index in [1.54, 1.807) is 0 Å². The van der Waals surface area contributed by atoms with E-state index in [9.17, 15) is 4.79 Å². The summed E-state index contributed by atoms with van der Waals surface area (Å²) in [5, 5.41) is 3.32. The number of aliphatic imine (C=N–C) groups is 1. The van der Waals surface area contributed by atoms with Crippen LogP contribution < -0.4 is 10.2 Å². The van der Waals surface area contributed by atoms with Gasteiger partial charge in [0.1, 0.15) is 0 Å². The van der Waals surface area contributed by atoms with Gasteiger partial charge in [-0.15, -0.1) is 24.0 Å². The van der Waals surface area contributed by atoms with E-state index in [0.29, 0.717) is 6.54 Å². The van der Waals surface area contributed by atoms with Crippen LogP contribution in [0.2, 0.25) is 0 Å². The highest BCUT2D eigenvalue weighted by molar-refractivity contribution is 14.0. The van der Waals surface area contributed by atoms with Crippen molar-refractivity contribution in [2.24, 2.45) is 4.99 Å². The largest absolute Gasteiger partial charge is 0.369 e. The first-order valence-electron chi connectivity index (χ1n) is 12.3. The number of unbranched alkanes of at least 4 members (excludes halogenated alkanes) is 1. The van der Waals surface area contributed by atoms with Crippen LogP contribution in [-0.4, -0.2) is 99.1 Å². The van der Waals surface area contributed by atoms with Crippen LogP contribution in [0.1, 0.15) is 39.2 Å². The van der Waals surface area contributed by atoms with E-state index in [2.05, 4.69) is 53.2 Å². The van der Waals surface area contributed by atoms with Crippen molar-refractivity contribution >= 4 is 41.5 Å². The van der Waals surface area contributed by atoms with Crippen molar-refractivity contribution < 1.29 is 4.79 Å². The van der Waals surface area contributed by atoms with Crippen LogP contribution in [-0.2, 0) is 4.79 Å². The average Bonchev–Trinajstić information content (AvgIpc) is 2.79. The van der Waals surface area contributed by atoms with Crippen LogP contribution in [0.4, 0.5) is 5.69 Å². The van der Waals surface area contributed by atoms with E-state index in [0.717, 1.165) is 77.7 Å². The molecule has 0 unspecified atom stereocenters. The van der Waals surface area contributed by atoms with E-state index in [1.807, 2.05) is 30.7 Å². The molecule has 0 radical (unpaired) electrons. The monoisotopic (exact) mass is 572 g/mol. The molecule has 0 spiro atoms. The molecule has 1 aromatic rings. The molecule has 0 aliphatic carbocycles. The summed E-state index contributed by atoms with van der Waals surface area (Å²) in [5.74, 6) is 0.965. The summed E-state index contributed by atoms with van der Waals surface area (Å²) < 4.78 is 0. The van der Waals surface area contributed by atoms with Crippen LogP contribution in [0, 0.1) is 6.92 Å². The molecule has 0 atom stereocenters. The van der Waals surface area contributed by atoms with Crippen LogP contribution in [0.5, 0.6) is 0 Å². The van der Waals surface area contributed by atoms with Gasteiger partial charge in [-0.25, -0.2) is 0 Å². The molecule has 1 saturated heterocycles. The summed E-state index contributed by atoms with van der Waals surface area (Å²) in [6.45, 7) is 17.3. The Morgan fingerprint density at radius 2 is 1.79 bits per heavy atom. The molecule has 1 aliphatic heterocycles. The first kappa shape index (κ1) is 29.5. The minimum absolute atomic E-state index is 0. The zero-order chi connectivity index (χ0) is 23.3. The predicted molar refractivity (Wildman–Crippen MR) is 151 cm³/mol. The number of hydrogen-bond acceptors (Lipinski definition) is 4. The minimum atomic E-state index is 0. The summed E-state index contributed by atoms with van der Waals surface area (Å²) >= 11 is 0. The Kier molecular flexibility index (Phi) is 14.4. The van der Waals surface area contributed by atoms with Gasteiger partial charge >= 0.3 is 0 Å². The zero-order valence-corrected chi connectivity index (χ0v) is 23.7. The molecule has 8 heteroatoms. The zero-order valence-electron chi connectivity index (χ0n) is 21.3. The van der Waals surface area contributed by atoms with E-state index >= 15 is 0 Å². The Morgan fingerprint density at radius 3 is 2.39 bits per heavy atom. The molecule has 1 aliphatic rings. The first-order chi connectivity index (χ1) is 15.5. The molecule has 2 rings (SSSR count). The third kappa shape index (κ3) is 10.1. The molecular formula is C25H45IN6O. The standard InChI is InChI=1S/C25H44N6O.HI/c1-6-26-25(28(5)21-24(32)30(7-2)8-3)27-14-9-10-15-29-16-18-31(19-17-29)23-13-11-12-22(4)20-23;/h11-13,20H,6-10,14-19,21H2,1-5H3,(H,26,27);1H. The summed E-state index contributed by atoms with van der Waals surface area (Å²) in [6, 6.07) is 8.80. The number of hydrogen-bond donors (Lipinski definition) is 1. The number of nitrogens with zero attached hydrogens (tertiary/aromatic N) is 5. The molecule has 188 valence electrons. The lowest BCUT2D eigenvalue weighted by Crippen LogP contribution is -2.46. The SMILES string of the molecule is CCNC(=NCCCCN1CCN(c2cccc(C)c2)CC1)N(C)CC(=O)N(CC)CC.I. The van der Waals surface area contributed by atoms with Gasteiger partial charge in [0.05, 0.1) is 6.54 Å². The van der Waals surface area contributed by atoms with E-state index in [4.69, 9.17) is 4.99 Å². The van der Waals surface area contributed by atoms with Crippen molar-refractivity contribution in [3.63, 3.8) is 0 Å². The molecule has 0 aromatic heterocycles. The number of carbonyl (C=O) groups is 1. The van der Waals surface area contributed by atoms with Gasteiger partial charge in [-0.05, 0) is 64.8 Å². The average molecular weight is 573 g/mol. The van der Waals surface area contributed by atoms with Crippen LogP contribution in [0.3, 0.4) is 0 Å². The predicted octanol–water partition coefficient (Wildman–Crippen LogP) is 3.28. The second-order valence-electron chi connectivity index (χ2n) is 8.53. The Hall–Kier alpha value is -1.55. The van der Waals surface area contributed by atoms with Gasteiger partial charge in [-0.3, -0.25) is 14.7 Å². The fourth-order valence-electron chi connectivity index (χ4n) is 4.11. The number of rotatable bonds is 11. The number of guanidine groups is 1. The Morgan fingerprint density at radius 1 is 1.09 bits per heavy atom. The van der Waals surface area contributed by atoms with Crippen molar-refractivity contribution in [3.8, 4) is 0 Å². The number of halogens is 1. The summed E-state index contributed by atoms with van der Waals surface area (Å²) in [7, 11) is 1.94. The number of amides is 1. The molecule has 1 N–H and O–H groups in total. The topological polar surface area (TPSA) is 54.4 Å². The number of benzene rings is 1. The number of nitrogens with one attached hydrogen (secondary N) is 1. The molecule has 7 nitrogen and oxygen atoms in total. The molecule has 1 aromatic carbocycles. The number of anilines is 1. The van der Waals surface area contributed by atoms with E-state index < -0.39 is 0 Å². The lowest BCUT2D eigenvalue weighted by atomic mass is 10.2. The van der Waals surface area contributed by atoms with Crippen LogP contribution in [0.15, 0.2) is 29.3 Å². The van der Waals surface area contributed by atoms with Crippen molar-refractivity contribution in [2.45, 2.75) is 40.5 Å². The van der Waals surface area contributed by atoms with Gasteiger partial charge < -0.3 is 20.0 Å². The summed E-state index contributed by atoms with van der Waals surface area (Å²) in [5.41, 5.74) is 2.67. The molecule has 0 saturated carbocycles. The lowest BCUT2D eigenvalue weighted by Gasteiger charge is -2.36. The fourth-order valence-corrected chi connectivity index (χ4v) is 4.11. The highest BCUT2D eigenvalue weighted by Gasteiger charge is 2.17.